The standard InChI is InChI=1S/C9H20O2/c10-8-6-4-2-1-3-5-7-9-11/h10-11H,1-9H2/i10D. The lowest BCUT2D eigenvalue weighted by Crippen LogP contribution is -1.85. The summed E-state index contributed by atoms with van der Waals surface area (Å²) in [5.74, 6) is 0. The Morgan fingerprint density at radius 3 is 1.64 bits per heavy atom. The monoisotopic (exact) mass is 161 g/mol. The minimum absolute atomic E-state index is 0.326. The van der Waals surface area contributed by atoms with Crippen molar-refractivity contribution in [1.82, 2.24) is 0 Å². The van der Waals surface area contributed by atoms with Gasteiger partial charge in [0, 0.05) is 13.2 Å². The van der Waals surface area contributed by atoms with Gasteiger partial charge in [-0.3, -0.25) is 0 Å². The lowest BCUT2D eigenvalue weighted by Gasteiger charge is -1.98. The van der Waals surface area contributed by atoms with E-state index in [1.807, 2.05) is 0 Å². The molecular formula is C9H20O2. The molecule has 0 unspecified atom stereocenters. The number of hydrogen-bond donors (Lipinski definition) is 2. The number of hydrogen-bond acceptors (Lipinski definition) is 2. The number of unbranched alkanes of at least 4 members (excludes halogenated alkanes) is 6. The molecule has 2 nitrogen and oxygen atoms in total. The summed E-state index contributed by atoms with van der Waals surface area (Å²) in [6.07, 6.45) is 7.96. The van der Waals surface area contributed by atoms with Crippen LogP contribution < -0.4 is 0 Å². The fourth-order valence-corrected chi connectivity index (χ4v) is 1.10. The second-order valence-corrected chi connectivity index (χ2v) is 2.90. The van der Waals surface area contributed by atoms with Crippen LogP contribution in [-0.2, 0) is 0 Å². The van der Waals surface area contributed by atoms with Crippen LogP contribution >= 0.6 is 0 Å². The molecule has 0 fully saturated rings. The Balaban J connectivity index is 2.73. The first-order valence-corrected chi connectivity index (χ1v) is 4.60. The van der Waals surface area contributed by atoms with Crippen molar-refractivity contribution in [2.75, 3.05) is 13.2 Å². The summed E-state index contributed by atoms with van der Waals surface area (Å²) in [6, 6.07) is 0. The van der Waals surface area contributed by atoms with E-state index in [2.05, 4.69) is 5.11 Å². The van der Waals surface area contributed by atoms with Crippen molar-refractivity contribution in [3.05, 3.63) is 0 Å². The van der Waals surface area contributed by atoms with Crippen LogP contribution in [0.25, 0.3) is 0 Å². The fourth-order valence-electron chi connectivity index (χ4n) is 1.10. The van der Waals surface area contributed by atoms with Crippen LogP contribution in [0.1, 0.15) is 44.9 Å². The van der Waals surface area contributed by atoms with Crippen LogP contribution in [0, 0.1) is 0 Å². The van der Waals surface area contributed by atoms with E-state index >= 15 is 0 Å². The second kappa shape index (κ2) is 9.92. The quantitative estimate of drug-likeness (QED) is 0.505. The van der Waals surface area contributed by atoms with E-state index < -0.39 is 0 Å². The van der Waals surface area contributed by atoms with Crippen molar-refractivity contribution in [3.8, 4) is 0 Å². The Morgan fingerprint density at radius 1 is 0.727 bits per heavy atom. The molecule has 0 aromatic rings. The summed E-state index contributed by atoms with van der Waals surface area (Å²) in [5.41, 5.74) is 0. The van der Waals surface area contributed by atoms with Crippen molar-refractivity contribution >= 4 is 0 Å². The third-order valence-electron chi connectivity index (χ3n) is 1.80. The molecule has 0 aliphatic carbocycles. The van der Waals surface area contributed by atoms with Gasteiger partial charge in [0.2, 0.25) is 1.43 Å². The van der Waals surface area contributed by atoms with E-state index in [1.54, 1.807) is 0 Å². The summed E-state index contributed by atoms with van der Waals surface area (Å²) in [4.78, 5) is 0. The molecule has 68 valence electrons. The van der Waals surface area contributed by atoms with E-state index in [0.717, 1.165) is 25.7 Å². The van der Waals surface area contributed by atoms with Crippen molar-refractivity contribution in [2.45, 2.75) is 44.9 Å². The molecular weight excluding hydrogens is 140 g/mol. The van der Waals surface area contributed by atoms with Crippen molar-refractivity contribution in [2.24, 2.45) is 0 Å². The fraction of sp³-hybridized carbons (Fsp3) is 1.00. The van der Waals surface area contributed by atoms with Gasteiger partial charge in [-0.2, -0.15) is 0 Å². The molecule has 0 saturated carbocycles. The second-order valence-electron chi connectivity index (χ2n) is 2.90. The molecule has 0 aliphatic heterocycles. The highest BCUT2D eigenvalue weighted by molar-refractivity contribution is 4.44. The maximum atomic E-state index is 8.50. The maximum Gasteiger partial charge on any atom is 0.210 e. The summed E-state index contributed by atoms with van der Waals surface area (Å²) in [6.45, 7) is 0.892. The largest absolute Gasteiger partial charge is 0.396 e. The molecule has 0 amide bonds. The zero-order valence-electron chi connectivity index (χ0n) is 8.22. The molecule has 0 saturated heterocycles. The third kappa shape index (κ3) is 9.92. The van der Waals surface area contributed by atoms with Crippen LogP contribution in [0.5, 0.6) is 0 Å². The Bertz CT molecular complexity index is 68.9. The van der Waals surface area contributed by atoms with Crippen LogP contribution in [0.4, 0.5) is 0 Å². The van der Waals surface area contributed by atoms with E-state index in [4.69, 9.17) is 6.54 Å². The van der Waals surface area contributed by atoms with Gasteiger partial charge in [-0.1, -0.05) is 32.1 Å². The van der Waals surface area contributed by atoms with Crippen LogP contribution in [0.3, 0.4) is 0 Å². The highest BCUT2D eigenvalue weighted by atomic mass is 16.3. The zero-order chi connectivity index (χ0) is 9.07. The van der Waals surface area contributed by atoms with Gasteiger partial charge in [0.25, 0.3) is 0 Å². The summed E-state index contributed by atoms with van der Waals surface area (Å²) >= 11 is 0. The minimum atomic E-state index is 0.326. The zero-order valence-corrected chi connectivity index (χ0v) is 7.22. The van der Waals surface area contributed by atoms with Gasteiger partial charge in [-0.05, 0) is 12.8 Å². The topological polar surface area (TPSA) is 40.5 Å². The normalized spacial score (nSPS) is 11.5. The molecule has 0 aromatic carbocycles. The summed E-state index contributed by atoms with van der Waals surface area (Å²) in [5, 5.41) is 12.7. The predicted molar refractivity (Wildman–Crippen MR) is 46.5 cm³/mol. The molecule has 2 N–H and O–H groups in total. The van der Waals surface area contributed by atoms with Gasteiger partial charge in [0.1, 0.15) is 0 Å². The van der Waals surface area contributed by atoms with Gasteiger partial charge in [0.15, 0.2) is 0 Å². The lowest BCUT2D eigenvalue weighted by atomic mass is 10.1. The van der Waals surface area contributed by atoms with Gasteiger partial charge >= 0.3 is 0 Å². The summed E-state index contributed by atoms with van der Waals surface area (Å²) in [7, 11) is 0. The van der Waals surface area contributed by atoms with E-state index in [1.165, 1.54) is 19.3 Å². The van der Waals surface area contributed by atoms with Gasteiger partial charge in [-0.15, -0.1) is 0 Å². The van der Waals surface area contributed by atoms with E-state index in [9.17, 15) is 0 Å². The highest BCUT2D eigenvalue weighted by Crippen LogP contribution is 2.06. The van der Waals surface area contributed by atoms with Gasteiger partial charge < -0.3 is 10.2 Å². The smallest absolute Gasteiger partial charge is 0.210 e. The first-order valence-electron chi connectivity index (χ1n) is 5.01. The Morgan fingerprint density at radius 2 is 1.18 bits per heavy atom. The molecule has 0 aliphatic rings. The SMILES string of the molecule is [2H]OCCCCCCCCCO. The maximum absolute atomic E-state index is 8.50. The van der Waals surface area contributed by atoms with Crippen LogP contribution in [0.2, 0.25) is 0 Å². The first kappa shape index (κ1) is 9.01. The molecule has 0 heterocycles. The van der Waals surface area contributed by atoms with Crippen molar-refractivity contribution < 1.29 is 10.2 Å². The predicted octanol–water partition coefficient (Wildman–Crippen LogP) is 1.70. The molecule has 0 bridgehead atoms. The third-order valence-corrected chi connectivity index (χ3v) is 1.80. The number of aliphatic hydroxyl groups excluding tert-OH is 2. The Kier molecular flexibility index (Phi) is 8.13. The number of aliphatic hydroxyl groups is 2. The van der Waals surface area contributed by atoms with Crippen molar-refractivity contribution in [3.63, 3.8) is 0 Å². The Hall–Kier alpha value is -0.0800. The Labute approximate surface area is 70.7 Å². The van der Waals surface area contributed by atoms with Crippen molar-refractivity contribution in [1.29, 1.82) is 1.43 Å². The first-order chi connectivity index (χ1) is 5.91. The molecule has 0 spiro atoms. The van der Waals surface area contributed by atoms with E-state index in [-0.39, 0.29) is 0 Å². The van der Waals surface area contributed by atoms with Crippen LogP contribution in [0.15, 0.2) is 0 Å². The van der Waals surface area contributed by atoms with E-state index in [0.29, 0.717) is 13.2 Å². The molecule has 0 atom stereocenters. The molecule has 0 aromatic heterocycles. The highest BCUT2D eigenvalue weighted by Gasteiger charge is 1.89. The minimum Gasteiger partial charge on any atom is -0.396 e. The average molecular weight is 161 g/mol. The average Bonchev–Trinajstić information content (AvgIpc) is 2.10. The van der Waals surface area contributed by atoms with Gasteiger partial charge in [0.05, 0.1) is 0 Å². The lowest BCUT2D eigenvalue weighted by molar-refractivity contribution is 0.278. The van der Waals surface area contributed by atoms with Gasteiger partial charge in [-0.25, -0.2) is 0 Å². The molecule has 2 heteroatoms. The molecule has 11 heavy (non-hydrogen) atoms. The number of rotatable bonds is 9. The summed E-state index contributed by atoms with van der Waals surface area (Å²) < 4.78 is 6.45. The molecule has 0 radical (unpaired) electrons. The molecule has 0 rings (SSSR count). The van der Waals surface area contributed by atoms with Crippen LogP contribution in [-0.4, -0.2) is 24.9 Å².